The molecular formula is C9H9ClO4. The van der Waals surface area contributed by atoms with E-state index in [0.29, 0.717) is 5.75 Å². The van der Waals surface area contributed by atoms with Crippen LogP contribution in [0.15, 0.2) is 12.1 Å². The molecule has 0 heterocycles. The van der Waals surface area contributed by atoms with Gasteiger partial charge in [0.1, 0.15) is 17.1 Å². The molecule has 0 saturated heterocycles. The van der Waals surface area contributed by atoms with Crippen molar-refractivity contribution in [3.05, 3.63) is 22.7 Å². The van der Waals surface area contributed by atoms with E-state index in [0.717, 1.165) is 0 Å². The molecule has 1 N–H and O–H groups in total. The van der Waals surface area contributed by atoms with Gasteiger partial charge in [0, 0.05) is 6.07 Å². The first-order valence-electron chi connectivity index (χ1n) is 3.75. The molecule has 1 rings (SSSR count). The minimum atomic E-state index is -1.13. The summed E-state index contributed by atoms with van der Waals surface area (Å²) in [5.41, 5.74) is -0.0602. The summed E-state index contributed by atoms with van der Waals surface area (Å²) in [6.45, 7) is 0. The second-order valence-corrected chi connectivity index (χ2v) is 2.90. The molecule has 1 aromatic rings. The Morgan fingerprint density at radius 2 is 2.00 bits per heavy atom. The number of carboxylic acids is 1. The van der Waals surface area contributed by atoms with E-state index < -0.39 is 5.97 Å². The standard InChI is InChI=1S/C9H9ClO4/c1-13-5-3-6(10)8(9(11)12)7(4-5)14-2/h3-4H,1-2H3,(H,11,12). The summed E-state index contributed by atoms with van der Waals surface area (Å²) in [6, 6.07) is 2.89. The Balaban J connectivity index is 3.34. The maximum atomic E-state index is 10.8. The van der Waals surface area contributed by atoms with Gasteiger partial charge in [-0.05, 0) is 6.07 Å². The molecule has 0 saturated carbocycles. The minimum Gasteiger partial charge on any atom is -0.497 e. The van der Waals surface area contributed by atoms with Gasteiger partial charge >= 0.3 is 5.97 Å². The van der Waals surface area contributed by atoms with Crippen LogP contribution in [0, 0.1) is 0 Å². The fourth-order valence-electron chi connectivity index (χ4n) is 1.04. The highest BCUT2D eigenvalue weighted by Gasteiger charge is 2.16. The number of rotatable bonds is 3. The zero-order valence-corrected chi connectivity index (χ0v) is 8.46. The van der Waals surface area contributed by atoms with Crippen molar-refractivity contribution in [1.29, 1.82) is 0 Å². The average molecular weight is 217 g/mol. The van der Waals surface area contributed by atoms with Crippen LogP contribution in [0.3, 0.4) is 0 Å². The van der Waals surface area contributed by atoms with E-state index in [-0.39, 0.29) is 16.3 Å². The molecular weight excluding hydrogens is 208 g/mol. The lowest BCUT2D eigenvalue weighted by Gasteiger charge is -2.08. The highest BCUT2D eigenvalue weighted by Crippen LogP contribution is 2.31. The van der Waals surface area contributed by atoms with E-state index in [9.17, 15) is 4.79 Å². The summed E-state index contributed by atoms with van der Waals surface area (Å²) in [7, 11) is 2.84. The Hall–Kier alpha value is -1.42. The minimum absolute atomic E-state index is 0.0602. The third kappa shape index (κ3) is 1.90. The van der Waals surface area contributed by atoms with Gasteiger partial charge in [0.25, 0.3) is 0 Å². The lowest BCUT2D eigenvalue weighted by molar-refractivity contribution is 0.0693. The second-order valence-electron chi connectivity index (χ2n) is 2.49. The molecule has 0 aromatic heterocycles. The van der Waals surface area contributed by atoms with Gasteiger partial charge in [-0.15, -0.1) is 0 Å². The maximum absolute atomic E-state index is 10.8. The molecule has 5 heteroatoms. The number of ether oxygens (including phenoxy) is 2. The van der Waals surface area contributed by atoms with E-state index >= 15 is 0 Å². The zero-order valence-electron chi connectivity index (χ0n) is 7.70. The van der Waals surface area contributed by atoms with Crippen molar-refractivity contribution in [3.63, 3.8) is 0 Å². The van der Waals surface area contributed by atoms with Crippen molar-refractivity contribution >= 4 is 17.6 Å². The van der Waals surface area contributed by atoms with Gasteiger partial charge in [-0.1, -0.05) is 11.6 Å². The number of aromatic carboxylic acids is 1. The molecule has 76 valence electrons. The van der Waals surface area contributed by atoms with E-state index in [1.165, 1.54) is 26.4 Å². The monoisotopic (exact) mass is 216 g/mol. The van der Waals surface area contributed by atoms with Crippen LogP contribution in [0.5, 0.6) is 11.5 Å². The quantitative estimate of drug-likeness (QED) is 0.840. The molecule has 0 fully saturated rings. The highest BCUT2D eigenvalue weighted by molar-refractivity contribution is 6.34. The molecule has 0 aliphatic rings. The first-order chi connectivity index (χ1) is 6.60. The van der Waals surface area contributed by atoms with Crippen molar-refractivity contribution in [2.45, 2.75) is 0 Å². The van der Waals surface area contributed by atoms with Gasteiger partial charge in [0.2, 0.25) is 0 Å². The first-order valence-corrected chi connectivity index (χ1v) is 4.12. The van der Waals surface area contributed by atoms with E-state index in [1.807, 2.05) is 0 Å². The SMILES string of the molecule is COc1cc(Cl)c(C(=O)O)c(OC)c1. The molecule has 0 amide bonds. The molecule has 0 unspecified atom stereocenters. The van der Waals surface area contributed by atoms with Gasteiger partial charge in [0.15, 0.2) is 0 Å². The number of halogens is 1. The predicted molar refractivity (Wildman–Crippen MR) is 51.5 cm³/mol. The van der Waals surface area contributed by atoms with Gasteiger partial charge in [-0.25, -0.2) is 4.79 Å². The summed E-state index contributed by atoms with van der Waals surface area (Å²) in [5.74, 6) is -0.492. The van der Waals surface area contributed by atoms with Crippen LogP contribution < -0.4 is 9.47 Å². The van der Waals surface area contributed by atoms with E-state index in [2.05, 4.69) is 0 Å². The second kappa shape index (κ2) is 4.19. The van der Waals surface area contributed by atoms with Crippen molar-refractivity contribution in [1.82, 2.24) is 0 Å². The third-order valence-corrected chi connectivity index (χ3v) is 2.00. The van der Waals surface area contributed by atoms with E-state index in [4.69, 9.17) is 26.2 Å². The molecule has 14 heavy (non-hydrogen) atoms. The summed E-state index contributed by atoms with van der Waals surface area (Å²) in [4.78, 5) is 10.8. The topological polar surface area (TPSA) is 55.8 Å². The number of carbonyl (C=O) groups is 1. The van der Waals surface area contributed by atoms with Crippen LogP contribution in [0.4, 0.5) is 0 Å². The molecule has 1 aromatic carbocycles. The van der Waals surface area contributed by atoms with Crippen molar-refractivity contribution in [2.24, 2.45) is 0 Å². The summed E-state index contributed by atoms with van der Waals surface area (Å²) in [5, 5.41) is 8.93. The molecule has 0 spiro atoms. The van der Waals surface area contributed by atoms with Crippen LogP contribution in [0.25, 0.3) is 0 Å². The lowest BCUT2D eigenvalue weighted by atomic mass is 10.2. The Labute approximate surface area is 86.0 Å². The van der Waals surface area contributed by atoms with Gasteiger partial charge in [-0.3, -0.25) is 0 Å². The fraction of sp³-hybridized carbons (Fsp3) is 0.222. The molecule has 0 radical (unpaired) electrons. The van der Waals surface area contributed by atoms with Gasteiger partial charge in [-0.2, -0.15) is 0 Å². The normalized spacial score (nSPS) is 9.64. The van der Waals surface area contributed by atoms with Gasteiger partial charge in [0.05, 0.1) is 19.2 Å². The largest absolute Gasteiger partial charge is 0.497 e. The number of carboxylic acid groups (broad SMARTS) is 1. The van der Waals surface area contributed by atoms with E-state index in [1.54, 1.807) is 0 Å². The number of hydrogen-bond acceptors (Lipinski definition) is 3. The predicted octanol–water partition coefficient (Wildman–Crippen LogP) is 2.06. The lowest BCUT2D eigenvalue weighted by Crippen LogP contribution is -2.02. The molecule has 0 aliphatic heterocycles. The van der Waals surface area contributed by atoms with Crippen LogP contribution in [0.1, 0.15) is 10.4 Å². The number of benzene rings is 1. The molecule has 0 atom stereocenters. The average Bonchev–Trinajstić information content (AvgIpc) is 2.15. The molecule has 0 aliphatic carbocycles. The Morgan fingerprint density at radius 1 is 1.36 bits per heavy atom. The van der Waals surface area contributed by atoms with Crippen LogP contribution in [-0.4, -0.2) is 25.3 Å². The summed E-state index contributed by atoms with van der Waals surface area (Å²) < 4.78 is 9.80. The van der Waals surface area contributed by atoms with Crippen LogP contribution in [-0.2, 0) is 0 Å². The van der Waals surface area contributed by atoms with Crippen LogP contribution >= 0.6 is 11.6 Å². The van der Waals surface area contributed by atoms with Gasteiger partial charge < -0.3 is 14.6 Å². The molecule has 0 bridgehead atoms. The van der Waals surface area contributed by atoms with Crippen molar-refractivity contribution in [3.8, 4) is 11.5 Å². The number of hydrogen-bond donors (Lipinski definition) is 1. The smallest absolute Gasteiger partial charge is 0.341 e. The Bertz CT molecular complexity index is 362. The first kappa shape index (κ1) is 10.7. The van der Waals surface area contributed by atoms with Crippen molar-refractivity contribution in [2.75, 3.05) is 14.2 Å². The Morgan fingerprint density at radius 3 is 2.43 bits per heavy atom. The maximum Gasteiger partial charge on any atom is 0.341 e. The molecule has 4 nitrogen and oxygen atoms in total. The summed E-state index contributed by atoms with van der Waals surface area (Å²) >= 11 is 5.75. The van der Waals surface area contributed by atoms with Crippen LogP contribution in [0.2, 0.25) is 5.02 Å². The summed E-state index contributed by atoms with van der Waals surface area (Å²) in [6.07, 6.45) is 0. The highest BCUT2D eigenvalue weighted by atomic mass is 35.5. The number of methoxy groups -OCH3 is 2. The zero-order chi connectivity index (χ0) is 10.7. The van der Waals surface area contributed by atoms with Crippen molar-refractivity contribution < 1.29 is 19.4 Å². The Kier molecular flexibility index (Phi) is 3.19. The third-order valence-electron chi connectivity index (χ3n) is 1.70. The fourth-order valence-corrected chi connectivity index (χ4v) is 1.33.